The van der Waals surface area contributed by atoms with E-state index in [2.05, 4.69) is 9.88 Å². The van der Waals surface area contributed by atoms with Crippen molar-refractivity contribution in [2.45, 2.75) is 19.9 Å². The molecule has 3 aromatic rings. The highest BCUT2D eigenvalue weighted by molar-refractivity contribution is 6.35. The zero-order valence-corrected chi connectivity index (χ0v) is 18.9. The van der Waals surface area contributed by atoms with Crippen LogP contribution in [0.25, 0.3) is 6.08 Å². The summed E-state index contributed by atoms with van der Waals surface area (Å²) in [5.74, 6) is 1.54. The number of allylic oxidation sites excluding steroid dienone is 1. The molecule has 2 aromatic carbocycles. The molecule has 0 bridgehead atoms. The van der Waals surface area contributed by atoms with Crippen molar-refractivity contribution in [3.63, 3.8) is 0 Å². The van der Waals surface area contributed by atoms with Crippen LogP contribution < -0.4 is 9.47 Å². The zero-order valence-electron chi connectivity index (χ0n) is 17.4. The first-order valence-electron chi connectivity index (χ1n) is 10.3. The van der Waals surface area contributed by atoms with Gasteiger partial charge in [-0.3, -0.25) is 14.7 Å². The fourth-order valence-corrected chi connectivity index (χ4v) is 4.56. The van der Waals surface area contributed by atoms with Crippen LogP contribution in [0.3, 0.4) is 0 Å². The molecule has 1 aromatic heterocycles. The summed E-state index contributed by atoms with van der Waals surface area (Å²) in [6.45, 7) is 3.85. The van der Waals surface area contributed by atoms with Gasteiger partial charge in [0, 0.05) is 46.7 Å². The van der Waals surface area contributed by atoms with E-state index in [1.165, 1.54) is 0 Å². The lowest BCUT2D eigenvalue weighted by molar-refractivity contribution is 0.0954. The van der Waals surface area contributed by atoms with Crippen molar-refractivity contribution in [1.29, 1.82) is 0 Å². The van der Waals surface area contributed by atoms with Crippen LogP contribution in [-0.4, -0.2) is 28.9 Å². The van der Waals surface area contributed by atoms with Crippen molar-refractivity contribution < 1.29 is 14.3 Å². The van der Waals surface area contributed by atoms with E-state index in [1.54, 1.807) is 24.5 Å². The highest BCUT2D eigenvalue weighted by Gasteiger charge is 2.33. The van der Waals surface area contributed by atoms with Gasteiger partial charge in [0.2, 0.25) is 5.78 Å². The molecule has 0 saturated carbocycles. The molecule has 2 aliphatic rings. The molecule has 0 radical (unpaired) electrons. The fourth-order valence-electron chi connectivity index (χ4n) is 4.06. The van der Waals surface area contributed by atoms with Gasteiger partial charge in [-0.1, -0.05) is 35.3 Å². The molecular formula is C25H20Cl2N2O3. The van der Waals surface area contributed by atoms with Gasteiger partial charge in [0.05, 0.1) is 5.56 Å². The largest absolute Gasteiger partial charge is 0.477 e. The Morgan fingerprint density at radius 1 is 1.19 bits per heavy atom. The van der Waals surface area contributed by atoms with Crippen molar-refractivity contribution >= 4 is 35.1 Å². The third-order valence-corrected chi connectivity index (χ3v) is 6.28. The number of carbonyl (C=O) groups is 1. The Morgan fingerprint density at radius 3 is 2.84 bits per heavy atom. The van der Waals surface area contributed by atoms with Crippen LogP contribution in [0.15, 0.2) is 54.6 Å². The van der Waals surface area contributed by atoms with Gasteiger partial charge in [-0.05, 0) is 54.8 Å². The molecule has 0 amide bonds. The predicted molar refractivity (Wildman–Crippen MR) is 124 cm³/mol. The average Bonchev–Trinajstić information content (AvgIpc) is 3.09. The molecule has 0 spiro atoms. The number of halogens is 2. The number of nitrogens with zero attached hydrogens (tertiary/aromatic N) is 2. The predicted octanol–water partition coefficient (Wildman–Crippen LogP) is 5.71. The Hall–Kier alpha value is -2.86. The van der Waals surface area contributed by atoms with E-state index in [9.17, 15) is 4.79 Å². The average molecular weight is 467 g/mol. The second-order valence-corrected chi connectivity index (χ2v) is 8.75. The number of Topliss-reactive ketones (excluding diaryl/α,β-unsaturated/α-hetero) is 1. The van der Waals surface area contributed by atoms with E-state index >= 15 is 0 Å². The lowest BCUT2D eigenvalue weighted by Crippen LogP contribution is -2.34. The number of carbonyl (C=O) groups excluding carboxylic acids is 1. The van der Waals surface area contributed by atoms with Gasteiger partial charge in [0.15, 0.2) is 5.76 Å². The van der Waals surface area contributed by atoms with Crippen LogP contribution in [0.5, 0.6) is 11.5 Å². The maximum absolute atomic E-state index is 13.0. The number of benzene rings is 2. The SMILES string of the molecule is Cc1c2c(cc3c1O/C(=C\c1cccnc1)C3=O)CN(CCc1ccc(Cl)cc1Cl)CO2. The molecule has 0 N–H and O–H groups in total. The summed E-state index contributed by atoms with van der Waals surface area (Å²) < 4.78 is 12.0. The van der Waals surface area contributed by atoms with Crippen molar-refractivity contribution in [2.24, 2.45) is 0 Å². The number of pyridine rings is 1. The monoisotopic (exact) mass is 466 g/mol. The van der Waals surface area contributed by atoms with Crippen LogP contribution in [0.2, 0.25) is 10.0 Å². The number of ketones is 1. The molecule has 0 fully saturated rings. The van der Waals surface area contributed by atoms with E-state index in [1.807, 2.05) is 37.3 Å². The molecule has 0 atom stereocenters. The molecule has 32 heavy (non-hydrogen) atoms. The number of hydrogen-bond acceptors (Lipinski definition) is 5. The van der Waals surface area contributed by atoms with Crippen LogP contribution in [-0.2, 0) is 13.0 Å². The highest BCUT2D eigenvalue weighted by Crippen LogP contribution is 2.43. The quantitative estimate of drug-likeness (QED) is 0.461. The number of aromatic nitrogens is 1. The van der Waals surface area contributed by atoms with Gasteiger partial charge in [0.1, 0.15) is 18.2 Å². The fraction of sp³-hybridized carbons (Fsp3) is 0.200. The normalized spacial score (nSPS) is 16.5. The van der Waals surface area contributed by atoms with E-state index < -0.39 is 0 Å². The highest BCUT2D eigenvalue weighted by atomic mass is 35.5. The summed E-state index contributed by atoms with van der Waals surface area (Å²) in [6, 6.07) is 11.2. The maximum atomic E-state index is 13.0. The second-order valence-electron chi connectivity index (χ2n) is 7.90. The molecular weight excluding hydrogens is 447 g/mol. The van der Waals surface area contributed by atoms with Gasteiger partial charge >= 0.3 is 0 Å². The van der Waals surface area contributed by atoms with E-state index in [0.717, 1.165) is 41.0 Å². The number of hydrogen-bond donors (Lipinski definition) is 0. The first kappa shape index (κ1) is 21.0. The van der Waals surface area contributed by atoms with Gasteiger partial charge < -0.3 is 9.47 Å². The minimum Gasteiger partial charge on any atom is -0.477 e. The Balaban J connectivity index is 1.35. The summed E-state index contributed by atoms with van der Waals surface area (Å²) in [6.07, 6.45) is 5.88. The summed E-state index contributed by atoms with van der Waals surface area (Å²) in [4.78, 5) is 19.3. The summed E-state index contributed by atoms with van der Waals surface area (Å²) in [5, 5.41) is 1.29. The first-order valence-corrected chi connectivity index (χ1v) is 11.0. The molecule has 0 saturated heterocycles. The third-order valence-electron chi connectivity index (χ3n) is 5.70. The van der Waals surface area contributed by atoms with Crippen LogP contribution in [0.4, 0.5) is 0 Å². The minimum atomic E-state index is -0.125. The van der Waals surface area contributed by atoms with Gasteiger partial charge in [-0.2, -0.15) is 0 Å². The Labute approximate surface area is 196 Å². The summed E-state index contributed by atoms with van der Waals surface area (Å²) in [5.41, 5.74) is 4.26. The standard InChI is InChI=1S/C25H20Cl2N2O3/c1-15-24-18(13-29(14-31-24)8-6-17-4-5-19(26)11-21(17)27)10-20-23(30)22(32-25(15)20)9-16-3-2-7-28-12-16/h2-5,7,9-12H,6,8,13-14H2,1H3/b22-9-. The van der Waals surface area contributed by atoms with Crippen molar-refractivity contribution in [3.05, 3.63) is 92.4 Å². The lowest BCUT2D eigenvalue weighted by atomic mass is 10.00. The van der Waals surface area contributed by atoms with Crippen LogP contribution in [0.1, 0.15) is 32.6 Å². The summed E-state index contributed by atoms with van der Waals surface area (Å²) in [7, 11) is 0. The van der Waals surface area contributed by atoms with Crippen molar-refractivity contribution in [2.75, 3.05) is 13.3 Å². The number of fused-ring (bicyclic) bond motifs is 2. The molecule has 0 aliphatic carbocycles. The van der Waals surface area contributed by atoms with Crippen molar-refractivity contribution in [3.8, 4) is 11.5 Å². The molecule has 3 heterocycles. The molecule has 162 valence electrons. The zero-order chi connectivity index (χ0) is 22.2. The molecule has 2 aliphatic heterocycles. The molecule has 5 rings (SSSR count). The third kappa shape index (κ3) is 3.99. The second kappa shape index (κ2) is 8.58. The topological polar surface area (TPSA) is 51.7 Å². The summed E-state index contributed by atoms with van der Waals surface area (Å²) >= 11 is 12.3. The Bertz CT molecular complexity index is 1240. The lowest BCUT2D eigenvalue weighted by Gasteiger charge is -2.30. The number of ether oxygens (including phenoxy) is 2. The Morgan fingerprint density at radius 2 is 2.06 bits per heavy atom. The maximum Gasteiger partial charge on any atom is 0.231 e. The molecule has 7 heteroatoms. The first-order chi connectivity index (χ1) is 15.5. The number of rotatable bonds is 4. The van der Waals surface area contributed by atoms with Crippen molar-refractivity contribution in [1.82, 2.24) is 9.88 Å². The van der Waals surface area contributed by atoms with Crippen LogP contribution in [0, 0.1) is 6.92 Å². The van der Waals surface area contributed by atoms with Crippen LogP contribution >= 0.6 is 23.2 Å². The van der Waals surface area contributed by atoms with Gasteiger partial charge in [0.25, 0.3) is 0 Å². The van der Waals surface area contributed by atoms with E-state index in [-0.39, 0.29) is 5.78 Å². The molecule has 5 nitrogen and oxygen atoms in total. The smallest absolute Gasteiger partial charge is 0.231 e. The van der Waals surface area contributed by atoms with Gasteiger partial charge in [-0.15, -0.1) is 0 Å². The van der Waals surface area contributed by atoms with E-state index in [4.69, 9.17) is 32.7 Å². The minimum absolute atomic E-state index is 0.125. The molecule has 0 unspecified atom stereocenters. The Kier molecular flexibility index (Phi) is 5.64. The van der Waals surface area contributed by atoms with Gasteiger partial charge in [-0.25, -0.2) is 0 Å². The van der Waals surface area contributed by atoms with E-state index in [0.29, 0.717) is 40.4 Å².